The largest absolute Gasteiger partial charge is 0.454 e. The van der Waals surface area contributed by atoms with Crippen LogP contribution in [0.15, 0.2) is 42.6 Å². The van der Waals surface area contributed by atoms with E-state index in [1.807, 2.05) is 18.2 Å². The standard InChI is InChI=1S/C23H27N3O5/c1-16(2)10-25-11-19(29-14-18-5-3-4-8-24-18)12-26(13-22(25)27)23(28)17-6-7-20-21(9-17)31-15-30-20/h3-9,16,19H,10-15H2,1-2H3/t19-/m0/s1. The Morgan fingerprint density at radius 2 is 2.03 bits per heavy atom. The molecule has 1 aromatic heterocycles. The van der Waals surface area contributed by atoms with Crippen LogP contribution in [0.25, 0.3) is 0 Å². The third-order valence-electron chi connectivity index (χ3n) is 5.21. The third-order valence-corrected chi connectivity index (χ3v) is 5.21. The highest BCUT2D eigenvalue weighted by atomic mass is 16.7. The molecule has 1 atom stereocenters. The number of carbonyl (C=O) groups is 2. The number of rotatable bonds is 6. The SMILES string of the molecule is CC(C)CN1C[C@H](OCc2ccccn2)CN(C(=O)c2ccc3c(c2)OCO3)CC1=O. The number of fused-ring (bicyclic) bond motifs is 1. The van der Waals surface area contributed by atoms with Gasteiger partial charge >= 0.3 is 0 Å². The van der Waals surface area contributed by atoms with Crippen molar-refractivity contribution in [2.45, 2.75) is 26.6 Å². The molecule has 1 fully saturated rings. The number of aromatic nitrogens is 1. The van der Waals surface area contributed by atoms with Crippen molar-refractivity contribution in [2.75, 3.05) is 33.0 Å². The molecule has 1 aromatic carbocycles. The first-order valence-corrected chi connectivity index (χ1v) is 10.5. The Labute approximate surface area is 181 Å². The van der Waals surface area contributed by atoms with Gasteiger partial charge in [-0.1, -0.05) is 19.9 Å². The van der Waals surface area contributed by atoms with E-state index in [9.17, 15) is 9.59 Å². The van der Waals surface area contributed by atoms with Gasteiger partial charge < -0.3 is 24.0 Å². The van der Waals surface area contributed by atoms with Gasteiger partial charge in [0.15, 0.2) is 11.5 Å². The molecule has 0 saturated carbocycles. The second-order valence-corrected chi connectivity index (χ2v) is 8.20. The molecular formula is C23H27N3O5. The average Bonchev–Trinajstić information content (AvgIpc) is 3.18. The van der Waals surface area contributed by atoms with Gasteiger partial charge in [0.25, 0.3) is 5.91 Å². The maximum absolute atomic E-state index is 13.2. The lowest BCUT2D eigenvalue weighted by Gasteiger charge is -2.25. The van der Waals surface area contributed by atoms with Crippen molar-refractivity contribution in [2.24, 2.45) is 5.92 Å². The molecule has 2 aromatic rings. The van der Waals surface area contributed by atoms with Crippen LogP contribution < -0.4 is 9.47 Å². The zero-order valence-electron chi connectivity index (χ0n) is 17.8. The minimum absolute atomic E-state index is 0.0173. The highest BCUT2D eigenvalue weighted by Gasteiger charge is 2.32. The molecule has 3 heterocycles. The Kier molecular flexibility index (Phi) is 6.36. The molecular weight excluding hydrogens is 398 g/mol. The van der Waals surface area contributed by atoms with Crippen molar-refractivity contribution in [3.05, 3.63) is 53.9 Å². The van der Waals surface area contributed by atoms with Gasteiger partial charge in [-0.25, -0.2) is 0 Å². The van der Waals surface area contributed by atoms with Crippen molar-refractivity contribution in [1.29, 1.82) is 0 Å². The normalized spacial score (nSPS) is 18.4. The summed E-state index contributed by atoms with van der Waals surface area (Å²) in [5, 5.41) is 0. The Balaban J connectivity index is 1.52. The van der Waals surface area contributed by atoms with Gasteiger partial charge in [-0.2, -0.15) is 0 Å². The van der Waals surface area contributed by atoms with Crippen molar-refractivity contribution in [1.82, 2.24) is 14.8 Å². The van der Waals surface area contributed by atoms with Crippen molar-refractivity contribution < 1.29 is 23.8 Å². The van der Waals surface area contributed by atoms with Crippen LogP contribution in [0, 0.1) is 5.92 Å². The van der Waals surface area contributed by atoms with Gasteiger partial charge in [0, 0.05) is 31.4 Å². The molecule has 164 valence electrons. The number of amides is 2. The summed E-state index contributed by atoms with van der Waals surface area (Å²) >= 11 is 0. The third kappa shape index (κ3) is 5.14. The second kappa shape index (κ2) is 9.34. The monoisotopic (exact) mass is 425 g/mol. The lowest BCUT2D eigenvalue weighted by atomic mass is 10.1. The van der Waals surface area contributed by atoms with Gasteiger partial charge in [-0.15, -0.1) is 0 Å². The molecule has 8 nitrogen and oxygen atoms in total. The smallest absolute Gasteiger partial charge is 0.254 e. The van der Waals surface area contributed by atoms with Gasteiger partial charge in [-0.3, -0.25) is 14.6 Å². The van der Waals surface area contributed by atoms with Gasteiger partial charge in [-0.05, 0) is 36.2 Å². The van der Waals surface area contributed by atoms with Crippen molar-refractivity contribution in [3.63, 3.8) is 0 Å². The Morgan fingerprint density at radius 1 is 1.19 bits per heavy atom. The summed E-state index contributed by atoms with van der Waals surface area (Å²) in [5.74, 6) is 1.16. The Hall–Kier alpha value is -3.13. The van der Waals surface area contributed by atoms with Crippen molar-refractivity contribution in [3.8, 4) is 11.5 Å². The highest BCUT2D eigenvalue weighted by molar-refractivity contribution is 5.97. The number of hydrogen-bond acceptors (Lipinski definition) is 6. The topological polar surface area (TPSA) is 81.2 Å². The summed E-state index contributed by atoms with van der Waals surface area (Å²) in [6.07, 6.45) is 1.40. The quantitative estimate of drug-likeness (QED) is 0.707. The maximum atomic E-state index is 13.2. The predicted octanol–water partition coefficient (Wildman–Crippen LogP) is 2.34. The fraction of sp³-hybridized carbons (Fsp3) is 0.435. The fourth-order valence-electron chi connectivity index (χ4n) is 3.76. The van der Waals surface area contributed by atoms with E-state index in [0.717, 1.165) is 5.69 Å². The maximum Gasteiger partial charge on any atom is 0.254 e. The van der Waals surface area contributed by atoms with Crippen LogP contribution in [0.5, 0.6) is 11.5 Å². The molecule has 4 rings (SSSR count). The summed E-state index contributed by atoms with van der Waals surface area (Å²) in [6.45, 7) is 5.99. The van der Waals surface area contributed by atoms with Crippen molar-refractivity contribution >= 4 is 11.8 Å². The first kappa shape index (κ1) is 21.1. The van der Waals surface area contributed by atoms with Gasteiger partial charge in [0.2, 0.25) is 12.7 Å². The van der Waals surface area contributed by atoms with E-state index in [1.165, 1.54) is 0 Å². The first-order chi connectivity index (χ1) is 15.0. The van der Waals surface area contributed by atoms with Crippen LogP contribution in [0.1, 0.15) is 29.9 Å². The van der Waals surface area contributed by atoms with Crippen LogP contribution in [-0.4, -0.2) is 65.7 Å². The number of pyridine rings is 1. The Morgan fingerprint density at radius 3 is 2.81 bits per heavy atom. The van der Waals surface area contributed by atoms with E-state index in [2.05, 4.69) is 18.8 Å². The lowest BCUT2D eigenvalue weighted by molar-refractivity contribution is -0.132. The van der Waals surface area contributed by atoms with E-state index in [0.29, 0.717) is 49.2 Å². The first-order valence-electron chi connectivity index (χ1n) is 10.5. The lowest BCUT2D eigenvalue weighted by Crippen LogP contribution is -2.40. The number of hydrogen-bond donors (Lipinski definition) is 0. The van der Waals surface area contributed by atoms with E-state index in [-0.39, 0.29) is 31.3 Å². The molecule has 0 unspecified atom stereocenters. The molecule has 0 bridgehead atoms. The summed E-state index contributed by atoms with van der Waals surface area (Å²) in [4.78, 5) is 33.8. The average molecular weight is 425 g/mol. The molecule has 8 heteroatoms. The Bertz CT molecular complexity index is 934. The van der Waals surface area contributed by atoms with Crippen LogP contribution in [0.4, 0.5) is 0 Å². The van der Waals surface area contributed by atoms with E-state index in [4.69, 9.17) is 14.2 Å². The number of benzene rings is 1. The van der Waals surface area contributed by atoms with Crippen LogP contribution in [0.2, 0.25) is 0 Å². The fourth-order valence-corrected chi connectivity index (χ4v) is 3.76. The zero-order chi connectivity index (χ0) is 21.8. The van der Waals surface area contributed by atoms with E-state index in [1.54, 1.807) is 34.2 Å². The van der Waals surface area contributed by atoms with Gasteiger partial charge in [0.1, 0.15) is 6.54 Å². The molecule has 0 radical (unpaired) electrons. The molecule has 31 heavy (non-hydrogen) atoms. The molecule has 2 aliphatic rings. The summed E-state index contributed by atoms with van der Waals surface area (Å²) in [5.41, 5.74) is 1.26. The van der Waals surface area contributed by atoms with E-state index >= 15 is 0 Å². The van der Waals surface area contributed by atoms with Gasteiger partial charge in [0.05, 0.1) is 18.4 Å². The molecule has 2 amide bonds. The summed E-state index contributed by atoms with van der Waals surface area (Å²) in [7, 11) is 0. The molecule has 1 saturated heterocycles. The van der Waals surface area contributed by atoms with Crippen LogP contribution >= 0.6 is 0 Å². The zero-order valence-corrected chi connectivity index (χ0v) is 17.8. The second-order valence-electron chi connectivity index (χ2n) is 8.20. The van der Waals surface area contributed by atoms with E-state index < -0.39 is 0 Å². The van der Waals surface area contributed by atoms with Crippen LogP contribution in [0.3, 0.4) is 0 Å². The molecule has 0 spiro atoms. The number of nitrogens with zero attached hydrogens (tertiary/aromatic N) is 3. The predicted molar refractivity (Wildman–Crippen MR) is 113 cm³/mol. The van der Waals surface area contributed by atoms with Crippen LogP contribution in [-0.2, 0) is 16.1 Å². The number of carbonyl (C=O) groups excluding carboxylic acids is 2. The minimum Gasteiger partial charge on any atom is -0.454 e. The summed E-state index contributed by atoms with van der Waals surface area (Å²) in [6, 6.07) is 10.7. The molecule has 0 aliphatic carbocycles. The highest BCUT2D eigenvalue weighted by Crippen LogP contribution is 2.33. The molecule has 2 aliphatic heterocycles. The minimum atomic E-state index is -0.315. The number of ether oxygens (including phenoxy) is 3. The molecule has 0 N–H and O–H groups in total. The summed E-state index contributed by atoms with van der Waals surface area (Å²) < 4.78 is 16.8.